The van der Waals surface area contributed by atoms with E-state index in [1.165, 1.54) is 55.8 Å². The molecule has 0 saturated carbocycles. The van der Waals surface area contributed by atoms with E-state index in [4.69, 9.17) is 4.98 Å². The van der Waals surface area contributed by atoms with Crippen LogP contribution in [0, 0.1) is 12.8 Å². The van der Waals surface area contributed by atoms with Crippen LogP contribution < -0.4 is 10.2 Å². The summed E-state index contributed by atoms with van der Waals surface area (Å²) in [6.07, 6.45) is 5.16. The zero-order valence-electron chi connectivity index (χ0n) is 13.3. The molecular formula is C17H29N3. The summed E-state index contributed by atoms with van der Waals surface area (Å²) in [5, 5.41) is 3.45. The van der Waals surface area contributed by atoms with E-state index in [-0.39, 0.29) is 0 Å². The average Bonchev–Trinajstić information content (AvgIpc) is 2.90. The molecule has 0 radical (unpaired) electrons. The largest absolute Gasteiger partial charge is 0.356 e. The van der Waals surface area contributed by atoms with Gasteiger partial charge in [-0.1, -0.05) is 26.3 Å². The molecule has 2 rings (SSSR count). The van der Waals surface area contributed by atoms with Gasteiger partial charge in [0.1, 0.15) is 5.82 Å². The maximum atomic E-state index is 4.81. The van der Waals surface area contributed by atoms with E-state index in [1.54, 1.807) is 0 Å². The van der Waals surface area contributed by atoms with Crippen LogP contribution >= 0.6 is 0 Å². The van der Waals surface area contributed by atoms with Gasteiger partial charge in [0, 0.05) is 25.3 Å². The molecule has 112 valence electrons. The topological polar surface area (TPSA) is 28.2 Å². The summed E-state index contributed by atoms with van der Waals surface area (Å²) in [6.45, 7) is 11.0. The number of hydrogen-bond acceptors (Lipinski definition) is 3. The van der Waals surface area contributed by atoms with Crippen LogP contribution in [0.2, 0.25) is 0 Å². The molecule has 1 fully saturated rings. The van der Waals surface area contributed by atoms with Crippen LogP contribution in [0.1, 0.15) is 50.8 Å². The summed E-state index contributed by atoms with van der Waals surface area (Å²) in [5.74, 6) is 2.04. The van der Waals surface area contributed by atoms with E-state index < -0.39 is 0 Å². The molecule has 0 spiro atoms. The van der Waals surface area contributed by atoms with E-state index in [1.807, 2.05) is 0 Å². The van der Waals surface area contributed by atoms with Crippen LogP contribution in [0.25, 0.3) is 0 Å². The highest BCUT2D eigenvalue weighted by Crippen LogP contribution is 2.25. The Bertz CT molecular complexity index is 417. The summed E-state index contributed by atoms with van der Waals surface area (Å²) in [6, 6.07) is 4.44. The standard InChI is InChI=1S/C17H29N3/c1-4-6-15-9-11-20(13-15)17-8-7-16(14(3)19-17)12-18-10-5-2/h7-8,15,18H,4-6,9-13H2,1-3H3. The molecule has 3 nitrogen and oxygen atoms in total. The third-order valence-corrected chi connectivity index (χ3v) is 4.23. The molecule has 2 heterocycles. The van der Waals surface area contributed by atoms with Gasteiger partial charge in [-0.2, -0.15) is 0 Å². The lowest BCUT2D eigenvalue weighted by Gasteiger charge is -2.19. The zero-order valence-corrected chi connectivity index (χ0v) is 13.3. The van der Waals surface area contributed by atoms with Crippen LogP contribution in [0.3, 0.4) is 0 Å². The van der Waals surface area contributed by atoms with Gasteiger partial charge in [-0.15, -0.1) is 0 Å². The molecule has 20 heavy (non-hydrogen) atoms. The lowest BCUT2D eigenvalue weighted by atomic mass is 10.0. The van der Waals surface area contributed by atoms with Crippen LogP contribution in [0.15, 0.2) is 12.1 Å². The minimum Gasteiger partial charge on any atom is -0.356 e. The molecule has 1 atom stereocenters. The fourth-order valence-corrected chi connectivity index (χ4v) is 3.02. The van der Waals surface area contributed by atoms with Crippen LogP contribution in [0.5, 0.6) is 0 Å². The molecule has 1 unspecified atom stereocenters. The summed E-state index contributed by atoms with van der Waals surface area (Å²) in [4.78, 5) is 7.27. The van der Waals surface area contributed by atoms with Crippen molar-refractivity contribution in [2.45, 2.75) is 53.0 Å². The highest BCUT2D eigenvalue weighted by atomic mass is 15.2. The smallest absolute Gasteiger partial charge is 0.128 e. The molecule has 1 saturated heterocycles. The van der Waals surface area contributed by atoms with Crippen molar-refractivity contribution < 1.29 is 0 Å². The maximum Gasteiger partial charge on any atom is 0.128 e. The highest BCUT2D eigenvalue weighted by molar-refractivity contribution is 5.42. The first-order valence-electron chi connectivity index (χ1n) is 8.16. The average molecular weight is 275 g/mol. The van der Waals surface area contributed by atoms with Gasteiger partial charge in [0.2, 0.25) is 0 Å². The Hall–Kier alpha value is -1.09. The number of aromatic nitrogens is 1. The van der Waals surface area contributed by atoms with E-state index >= 15 is 0 Å². The summed E-state index contributed by atoms with van der Waals surface area (Å²) < 4.78 is 0. The van der Waals surface area contributed by atoms with E-state index in [2.05, 4.69) is 43.1 Å². The molecule has 3 heteroatoms. The molecule has 1 aromatic rings. The van der Waals surface area contributed by atoms with Gasteiger partial charge in [-0.3, -0.25) is 0 Å². The van der Waals surface area contributed by atoms with E-state index in [0.29, 0.717) is 0 Å². The van der Waals surface area contributed by atoms with Gasteiger partial charge < -0.3 is 10.2 Å². The highest BCUT2D eigenvalue weighted by Gasteiger charge is 2.22. The zero-order chi connectivity index (χ0) is 14.4. The van der Waals surface area contributed by atoms with Crippen LogP contribution in [-0.2, 0) is 6.54 Å². The Balaban J connectivity index is 1.95. The van der Waals surface area contributed by atoms with Gasteiger partial charge in [0.15, 0.2) is 0 Å². The fraction of sp³-hybridized carbons (Fsp3) is 0.706. The van der Waals surface area contributed by atoms with Crippen LogP contribution in [0.4, 0.5) is 5.82 Å². The lowest BCUT2D eigenvalue weighted by molar-refractivity contribution is 0.529. The molecule has 0 aromatic carbocycles. The van der Waals surface area contributed by atoms with Gasteiger partial charge in [-0.05, 0) is 50.3 Å². The minimum atomic E-state index is 0.869. The normalized spacial score (nSPS) is 18.8. The molecular weight excluding hydrogens is 246 g/mol. The van der Waals surface area contributed by atoms with Crippen LogP contribution in [-0.4, -0.2) is 24.6 Å². The predicted molar refractivity (Wildman–Crippen MR) is 86.2 cm³/mol. The summed E-state index contributed by atoms with van der Waals surface area (Å²) in [5.41, 5.74) is 2.50. The Morgan fingerprint density at radius 3 is 2.85 bits per heavy atom. The minimum absolute atomic E-state index is 0.869. The summed E-state index contributed by atoms with van der Waals surface area (Å²) in [7, 11) is 0. The first kappa shape index (κ1) is 15.3. The van der Waals surface area contributed by atoms with Gasteiger partial charge in [0.25, 0.3) is 0 Å². The first-order chi connectivity index (χ1) is 9.74. The first-order valence-corrected chi connectivity index (χ1v) is 8.16. The molecule has 0 amide bonds. The van der Waals surface area contributed by atoms with E-state index in [0.717, 1.165) is 19.0 Å². The maximum absolute atomic E-state index is 4.81. The van der Waals surface area contributed by atoms with Crippen molar-refractivity contribution in [3.8, 4) is 0 Å². The lowest BCUT2D eigenvalue weighted by Crippen LogP contribution is -2.22. The molecule has 1 aromatic heterocycles. The Kier molecular flexibility index (Phi) is 5.84. The van der Waals surface area contributed by atoms with Gasteiger partial charge in [0.05, 0.1) is 0 Å². The Labute approximate surface area is 123 Å². The molecule has 0 aliphatic carbocycles. The summed E-state index contributed by atoms with van der Waals surface area (Å²) >= 11 is 0. The molecule has 0 bridgehead atoms. The molecule has 1 N–H and O–H groups in total. The van der Waals surface area contributed by atoms with E-state index in [9.17, 15) is 0 Å². The van der Waals surface area contributed by atoms with Crippen molar-refractivity contribution in [1.29, 1.82) is 0 Å². The van der Waals surface area contributed by atoms with Crippen molar-refractivity contribution in [1.82, 2.24) is 10.3 Å². The van der Waals surface area contributed by atoms with Crippen molar-refractivity contribution in [2.75, 3.05) is 24.5 Å². The number of nitrogens with one attached hydrogen (secondary N) is 1. The van der Waals surface area contributed by atoms with Crippen molar-refractivity contribution in [3.05, 3.63) is 23.4 Å². The monoisotopic (exact) mass is 275 g/mol. The second-order valence-electron chi connectivity index (χ2n) is 5.98. The molecule has 1 aliphatic heterocycles. The quantitative estimate of drug-likeness (QED) is 0.772. The Morgan fingerprint density at radius 1 is 1.30 bits per heavy atom. The number of pyridine rings is 1. The third-order valence-electron chi connectivity index (χ3n) is 4.23. The third kappa shape index (κ3) is 3.95. The van der Waals surface area contributed by atoms with Gasteiger partial charge in [-0.25, -0.2) is 4.98 Å². The number of aryl methyl sites for hydroxylation is 1. The SMILES string of the molecule is CCCNCc1ccc(N2CCC(CCC)C2)nc1C. The van der Waals surface area contributed by atoms with Crippen molar-refractivity contribution in [3.63, 3.8) is 0 Å². The van der Waals surface area contributed by atoms with Crippen molar-refractivity contribution in [2.24, 2.45) is 5.92 Å². The number of hydrogen-bond donors (Lipinski definition) is 1. The Morgan fingerprint density at radius 2 is 2.15 bits per heavy atom. The van der Waals surface area contributed by atoms with Crippen molar-refractivity contribution >= 4 is 5.82 Å². The number of nitrogens with zero attached hydrogens (tertiary/aromatic N) is 2. The number of anilines is 1. The van der Waals surface area contributed by atoms with Gasteiger partial charge >= 0.3 is 0 Å². The second-order valence-corrected chi connectivity index (χ2v) is 5.98. The predicted octanol–water partition coefficient (Wildman–Crippen LogP) is 3.52. The second kappa shape index (κ2) is 7.63. The number of rotatable bonds is 7. The fourth-order valence-electron chi connectivity index (χ4n) is 3.02. The molecule has 1 aliphatic rings.